The van der Waals surface area contributed by atoms with Gasteiger partial charge in [-0.3, -0.25) is 0 Å². The lowest BCUT2D eigenvalue weighted by Crippen LogP contribution is -2.10. The quantitative estimate of drug-likeness (QED) is 0.738. The highest BCUT2D eigenvalue weighted by Gasteiger charge is 2.22. The zero-order valence-electron chi connectivity index (χ0n) is 6.80. The molecule has 2 N–H and O–H groups in total. The Balaban J connectivity index is 2.60. The molecule has 0 bridgehead atoms. The fourth-order valence-corrected chi connectivity index (χ4v) is 2.08. The Morgan fingerprint density at radius 1 is 1.58 bits per heavy atom. The number of ether oxygens (including phenoxy) is 1. The van der Waals surface area contributed by atoms with E-state index in [0.29, 0.717) is 6.61 Å². The number of aryl methyl sites for hydroxylation is 1. The molecule has 2 rings (SSSR count). The van der Waals surface area contributed by atoms with Gasteiger partial charge in [0.2, 0.25) is 0 Å². The van der Waals surface area contributed by atoms with Crippen molar-refractivity contribution in [2.75, 3.05) is 6.61 Å². The van der Waals surface area contributed by atoms with E-state index in [0.717, 1.165) is 21.3 Å². The molecule has 2 nitrogen and oxygen atoms in total. The van der Waals surface area contributed by atoms with Crippen molar-refractivity contribution in [3.8, 4) is 5.75 Å². The molecule has 0 aromatic heterocycles. The van der Waals surface area contributed by atoms with E-state index in [9.17, 15) is 0 Å². The molecule has 0 spiro atoms. The molecule has 1 aromatic rings. The lowest BCUT2D eigenvalue weighted by molar-refractivity contribution is 0.331. The van der Waals surface area contributed by atoms with E-state index in [4.69, 9.17) is 10.5 Å². The van der Waals surface area contributed by atoms with Gasteiger partial charge < -0.3 is 10.5 Å². The predicted octanol–water partition coefficient (Wildman–Crippen LogP) is 2.15. The number of hydrogen-bond acceptors (Lipinski definition) is 2. The minimum atomic E-state index is 0.0381. The first-order valence-electron chi connectivity index (χ1n) is 3.87. The minimum absolute atomic E-state index is 0.0381. The molecule has 1 aliphatic rings. The summed E-state index contributed by atoms with van der Waals surface area (Å²) in [7, 11) is 0. The third kappa shape index (κ3) is 1.13. The summed E-state index contributed by atoms with van der Waals surface area (Å²) in [5, 5.41) is 0. The van der Waals surface area contributed by atoms with Crippen LogP contribution in [0.3, 0.4) is 0 Å². The molecular weight excluding hydrogens is 218 g/mol. The van der Waals surface area contributed by atoms with E-state index in [1.807, 2.05) is 19.1 Å². The molecule has 3 heteroatoms. The first kappa shape index (κ1) is 8.08. The summed E-state index contributed by atoms with van der Waals surface area (Å²) in [6.45, 7) is 2.63. The van der Waals surface area contributed by atoms with Gasteiger partial charge in [0.25, 0.3) is 0 Å². The first-order chi connectivity index (χ1) is 5.68. The molecule has 0 amide bonds. The van der Waals surface area contributed by atoms with E-state index in [1.165, 1.54) is 0 Å². The van der Waals surface area contributed by atoms with Gasteiger partial charge in [0.05, 0.1) is 6.04 Å². The van der Waals surface area contributed by atoms with Crippen LogP contribution in [0.5, 0.6) is 5.75 Å². The summed E-state index contributed by atoms with van der Waals surface area (Å²) < 4.78 is 6.52. The van der Waals surface area contributed by atoms with Crippen LogP contribution in [0.1, 0.15) is 17.2 Å². The van der Waals surface area contributed by atoms with Crippen LogP contribution in [0.25, 0.3) is 0 Å². The summed E-state index contributed by atoms with van der Waals surface area (Å²) >= 11 is 3.43. The average Bonchev–Trinajstić information content (AvgIpc) is 2.33. The van der Waals surface area contributed by atoms with Crippen LogP contribution >= 0.6 is 15.9 Å². The molecule has 0 aliphatic carbocycles. The Kier molecular flexibility index (Phi) is 1.85. The average molecular weight is 228 g/mol. The number of benzene rings is 1. The molecule has 1 aliphatic heterocycles. The van der Waals surface area contributed by atoms with Crippen LogP contribution in [0.2, 0.25) is 0 Å². The molecule has 1 atom stereocenters. The molecule has 12 heavy (non-hydrogen) atoms. The van der Waals surface area contributed by atoms with Gasteiger partial charge in [-0.25, -0.2) is 0 Å². The second-order valence-electron chi connectivity index (χ2n) is 3.06. The van der Waals surface area contributed by atoms with Gasteiger partial charge in [-0.1, -0.05) is 15.9 Å². The summed E-state index contributed by atoms with van der Waals surface area (Å²) in [5.41, 5.74) is 8.10. The number of hydrogen-bond donors (Lipinski definition) is 1. The van der Waals surface area contributed by atoms with Crippen molar-refractivity contribution in [2.24, 2.45) is 5.73 Å². The molecule has 1 aromatic carbocycles. The van der Waals surface area contributed by atoms with Crippen molar-refractivity contribution in [1.29, 1.82) is 0 Å². The first-order valence-corrected chi connectivity index (χ1v) is 4.66. The van der Waals surface area contributed by atoms with Crippen LogP contribution in [0, 0.1) is 6.92 Å². The SMILES string of the molecule is Cc1cc(Br)cc2c1OC[C@H]2N. The van der Waals surface area contributed by atoms with Crippen molar-refractivity contribution in [3.63, 3.8) is 0 Å². The van der Waals surface area contributed by atoms with Crippen molar-refractivity contribution in [1.82, 2.24) is 0 Å². The normalized spacial score (nSPS) is 20.4. The van der Waals surface area contributed by atoms with E-state index >= 15 is 0 Å². The maximum absolute atomic E-state index is 5.84. The summed E-state index contributed by atoms with van der Waals surface area (Å²) in [6.07, 6.45) is 0. The van der Waals surface area contributed by atoms with E-state index in [1.54, 1.807) is 0 Å². The Morgan fingerprint density at radius 2 is 2.33 bits per heavy atom. The van der Waals surface area contributed by atoms with Crippen LogP contribution in [-0.4, -0.2) is 6.61 Å². The van der Waals surface area contributed by atoms with Crippen molar-refractivity contribution < 1.29 is 4.74 Å². The third-order valence-corrected chi connectivity index (χ3v) is 2.53. The highest BCUT2D eigenvalue weighted by molar-refractivity contribution is 9.10. The van der Waals surface area contributed by atoms with Crippen LogP contribution in [0.4, 0.5) is 0 Å². The maximum atomic E-state index is 5.84. The van der Waals surface area contributed by atoms with Gasteiger partial charge in [0, 0.05) is 10.0 Å². The second kappa shape index (κ2) is 2.75. The maximum Gasteiger partial charge on any atom is 0.127 e. The molecule has 0 fully saturated rings. The summed E-state index contributed by atoms with van der Waals surface area (Å²) in [5.74, 6) is 0.964. The Bertz CT molecular complexity index is 325. The smallest absolute Gasteiger partial charge is 0.127 e. The number of halogens is 1. The zero-order chi connectivity index (χ0) is 8.72. The molecular formula is C9H10BrNO. The van der Waals surface area contributed by atoms with Gasteiger partial charge in [0.15, 0.2) is 0 Å². The monoisotopic (exact) mass is 227 g/mol. The molecule has 0 radical (unpaired) electrons. The zero-order valence-corrected chi connectivity index (χ0v) is 8.39. The lowest BCUT2D eigenvalue weighted by Gasteiger charge is -2.04. The Morgan fingerprint density at radius 3 is 3.08 bits per heavy atom. The molecule has 0 saturated carbocycles. The van der Waals surface area contributed by atoms with Crippen LogP contribution in [0.15, 0.2) is 16.6 Å². The standard InChI is InChI=1S/C9H10BrNO/c1-5-2-6(10)3-7-8(11)4-12-9(5)7/h2-3,8H,4,11H2,1H3/t8-/m1/s1. The lowest BCUT2D eigenvalue weighted by atomic mass is 10.1. The van der Waals surface area contributed by atoms with Crippen LogP contribution in [-0.2, 0) is 0 Å². The highest BCUT2D eigenvalue weighted by Crippen LogP contribution is 2.36. The largest absolute Gasteiger partial charge is 0.491 e. The minimum Gasteiger partial charge on any atom is -0.491 e. The van der Waals surface area contributed by atoms with Gasteiger partial charge in [0.1, 0.15) is 12.4 Å². The van der Waals surface area contributed by atoms with Crippen molar-refractivity contribution >= 4 is 15.9 Å². The third-order valence-electron chi connectivity index (χ3n) is 2.07. The molecule has 0 saturated heterocycles. The van der Waals surface area contributed by atoms with Gasteiger partial charge in [-0.05, 0) is 24.6 Å². The van der Waals surface area contributed by atoms with Crippen molar-refractivity contribution in [2.45, 2.75) is 13.0 Å². The predicted molar refractivity (Wildman–Crippen MR) is 51.3 cm³/mol. The number of fused-ring (bicyclic) bond motifs is 1. The molecule has 64 valence electrons. The van der Waals surface area contributed by atoms with Crippen LogP contribution < -0.4 is 10.5 Å². The Labute approximate surface area is 79.8 Å². The number of nitrogens with two attached hydrogens (primary N) is 1. The summed E-state index contributed by atoms with van der Waals surface area (Å²) in [6, 6.07) is 4.10. The van der Waals surface area contributed by atoms with Gasteiger partial charge in [-0.15, -0.1) is 0 Å². The highest BCUT2D eigenvalue weighted by atomic mass is 79.9. The van der Waals surface area contributed by atoms with Gasteiger partial charge in [-0.2, -0.15) is 0 Å². The van der Waals surface area contributed by atoms with E-state index in [2.05, 4.69) is 15.9 Å². The van der Waals surface area contributed by atoms with E-state index in [-0.39, 0.29) is 6.04 Å². The topological polar surface area (TPSA) is 35.2 Å². The summed E-state index contributed by atoms with van der Waals surface area (Å²) in [4.78, 5) is 0. The molecule has 0 unspecified atom stereocenters. The Hall–Kier alpha value is -0.540. The molecule has 1 heterocycles. The number of rotatable bonds is 0. The van der Waals surface area contributed by atoms with Crippen molar-refractivity contribution in [3.05, 3.63) is 27.7 Å². The fourth-order valence-electron chi connectivity index (χ4n) is 1.49. The van der Waals surface area contributed by atoms with E-state index < -0.39 is 0 Å². The fraction of sp³-hybridized carbons (Fsp3) is 0.333. The second-order valence-corrected chi connectivity index (χ2v) is 3.97. The van der Waals surface area contributed by atoms with Gasteiger partial charge >= 0.3 is 0 Å².